The summed E-state index contributed by atoms with van der Waals surface area (Å²) in [6.07, 6.45) is 1.30. The molecule has 1 unspecified atom stereocenters. The Bertz CT molecular complexity index is 1410. The Morgan fingerprint density at radius 2 is 2.03 bits per heavy atom. The number of aromatic nitrogens is 2. The molecule has 0 spiro atoms. The molecule has 0 saturated heterocycles. The van der Waals surface area contributed by atoms with Gasteiger partial charge in [-0.1, -0.05) is 17.7 Å². The van der Waals surface area contributed by atoms with E-state index < -0.39 is 15.2 Å². The number of aryl methyl sites for hydroxylation is 1. The van der Waals surface area contributed by atoms with Gasteiger partial charge in [-0.05, 0) is 43.0 Å². The van der Waals surface area contributed by atoms with Gasteiger partial charge in [0.1, 0.15) is 5.54 Å². The van der Waals surface area contributed by atoms with E-state index >= 15 is 0 Å². The van der Waals surface area contributed by atoms with Crippen LogP contribution in [0, 0.1) is 0 Å². The van der Waals surface area contributed by atoms with E-state index in [4.69, 9.17) is 21.8 Å². The Morgan fingerprint density at radius 3 is 2.78 bits per heavy atom. The zero-order valence-electron chi connectivity index (χ0n) is 17.4. The van der Waals surface area contributed by atoms with Crippen molar-refractivity contribution in [2.45, 2.75) is 25.3 Å². The highest BCUT2D eigenvalue weighted by Gasteiger charge is 2.40. The van der Waals surface area contributed by atoms with Crippen molar-refractivity contribution in [1.29, 1.82) is 0 Å². The fraction of sp³-hybridized carbons (Fsp3) is 0.286. The molecule has 8 nitrogen and oxygen atoms in total. The van der Waals surface area contributed by atoms with E-state index in [-0.39, 0.29) is 17.5 Å². The zero-order chi connectivity index (χ0) is 22.8. The van der Waals surface area contributed by atoms with Crippen LogP contribution in [0.15, 0.2) is 33.7 Å². The largest absolute Gasteiger partial charge is 0.415 e. The van der Waals surface area contributed by atoms with Crippen molar-refractivity contribution < 1.29 is 13.4 Å². The summed E-state index contributed by atoms with van der Waals surface area (Å²) in [6, 6.07) is 7.34. The lowest BCUT2D eigenvalue weighted by Crippen LogP contribution is -2.50. The van der Waals surface area contributed by atoms with Gasteiger partial charge in [0.05, 0.1) is 30.2 Å². The number of thiophene rings is 1. The van der Waals surface area contributed by atoms with Gasteiger partial charge in [0.15, 0.2) is 5.78 Å². The molecule has 166 valence electrons. The second kappa shape index (κ2) is 7.16. The number of halogens is 1. The highest BCUT2D eigenvalue weighted by Crippen LogP contribution is 2.44. The monoisotopic (exact) mass is 489 g/mol. The molecule has 0 fully saturated rings. The number of aliphatic imine (C=N–C) groups is 1. The number of nitrogens with two attached hydrogens (primary N) is 1. The van der Waals surface area contributed by atoms with E-state index in [1.807, 2.05) is 19.1 Å². The normalized spacial score (nSPS) is 25.2. The molecule has 0 saturated carbocycles. The molecule has 2 aromatic heterocycles. The summed E-state index contributed by atoms with van der Waals surface area (Å²) in [5, 5.41) is 8.77. The number of fused-ring (bicyclic) bond motifs is 1. The number of nitrogens with zero attached hydrogens (tertiary/aromatic N) is 4. The molecule has 5 rings (SSSR count). The Morgan fingerprint density at radius 1 is 1.28 bits per heavy atom. The number of Topliss-reactive ketones (excluding diaryl/α,β-unsaturated/α-hetero) is 1. The van der Waals surface area contributed by atoms with Crippen molar-refractivity contribution in [3.8, 4) is 22.2 Å². The molecule has 3 heterocycles. The van der Waals surface area contributed by atoms with Gasteiger partial charge in [-0.3, -0.25) is 9.10 Å². The smallest absolute Gasteiger partial charge is 0.258 e. The summed E-state index contributed by atoms with van der Waals surface area (Å²) in [7, 11) is -1.02. The van der Waals surface area contributed by atoms with Gasteiger partial charge in [-0.2, -0.15) is 0 Å². The minimum Gasteiger partial charge on any atom is -0.415 e. The quantitative estimate of drug-likeness (QED) is 0.564. The first-order valence-electron chi connectivity index (χ1n) is 9.82. The number of hydrogen-bond acceptors (Lipinski definition) is 8. The van der Waals surface area contributed by atoms with E-state index in [1.165, 1.54) is 15.6 Å². The molecule has 0 radical (unpaired) electrons. The lowest BCUT2D eigenvalue weighted by Gasteiger charge is -2.36. The molecule has 3 aromatic rings. The van der Waals surface area contributed by atoms with Crippen LogP contribution in [0.3, 0.4) is 0 Å². The average molecular weight is 490 g/mol. The SMILES string of the molecule is C=S1(=O)C[C@@](C)(c2sc(-c3nnc(-c4ccc5c(c4)C(=O)CC5)o3)cc2Cl)N=C(N)N1C. The number of guanidine groups is 1. The Labute approximate surface area is 194 Å². The van der Waals surface area contributed by atoms with Crippen LogP contribution >= 0.6 is 22.9 Å². The summed E-state index contributed by atoms with van der Waals surface area (Å²) in [6.45, 7) is 1.83. The van der Waals surface area contributed by atoms with E-state index in [2.05, 4.69) is 21.1 Å². The highest BCUT2D eigenvalue weighted by molar-refractivity contribution is 7.98. The summed E-state index contributed by atoms with van der Waals surface area (Å²) in [4.78, 5) is 18.0. The van der Waals surface area contributed by atoms with Crippen molar-refractivity contribution in [2.75, 3.05) is 12.8 Å². The molecule has 2 aliphatic rings. The van der Waals surface area contributed by atoms with E-state index in [0.717, 1.165) is 12.0 Å². The van der Waals surface area contributed by atoms with Crippen LogP contribution in [-0.2, 0) is 21.7 Å². The maximum atomic E-state index is 12.9. The third kappa shape index (κ3) is 3.33. The van der Waals surface area contributed by atoms with Gasteiger partial charge in [0.2, 0.25) is 11.9 Å². The third-order valence-electron chi connectivity index (χ3n) is 5.78. The first-order chi connectivity index (χ1) is 15.1. The first kappa shape index (κ1) is 21.2. The van der Waals surface area contributed by atoms with Crippen LogP contribution < -0.4 is 5.73 Å². The standard InChI is InChI=1S/C21H20ClN5O3S2/c1-21(10-32(3,29)27(2)20(23)24-21)17-14(22)9-16(31-17)19-26-25-18(30-19)12-5-4-11-6-7-15(28)13(11)8-12/h4-5,8-9H,3,6-7,10H2,1-2H3,(H2,23,24)/t21-,32?/m0/s1. The number of carbonyl (C=O) groups is 1. The molecule has 11 heteroatoms. The van der Waals surface area contributed by atoms with Crippen molar-refractivity contribution in [2.24, 2.45) is 10.7 Å². The van der Waals surface area contributed by atoms with Gasteiger partial charge in [0, 0.05) is 24.6 Å². The van der Waals surface area contributed by atoms with Crippen molar-refractivity contribution in [3.63, 3.8) is 0 Å². The summed E-state index contributed by atoms with van der Waals surface area (Å²) in [5.74, 6) is 4.91. The predicted molar refractivity (Wildman–Crippen MR) is 128 cm³/mol. The van der Waals surface area contributed by atoms with Crippen molar-refractivity contribution in [3.05, 3.63) is 45.3 Å². The van der Waals surface area contributed by atoms with Crippen LogP contribution in [-0.4, -0.2) is 49.1 Å². The second-order valence-electron chi connectivity index (χ2n) is 8.15. The molecule has 2 N–H and O–H groups in total. The van der Waals surface area contributed by atoms with Crippen molar-refractivity contribution in [1.82, 2.24) is 14.5 Å². The topological polar surface area (TPSA) is 115 Å². The minimum absolute atomic E-state index is 0.129. The predicted octanol–water partition coefficient (Wildman–Crippen LogP) is 3.35. The van der Waals surface area contributed by atoms with E-state index in [1.54, 1.807) is 19.2 Å². The van der Waals surface area contributed by atoms with E-state index in [9.17, 15) is 9.00 Å². The Hall–Kier alpha value is -2.69. The van der Waals surface area contributed by atoms with Gasteiger partial charge in [-0.15, -0.1) is 21.5 Å². The lowest BCUT2D eigenvalue weighted by atomic mass is 10.0. The van der Waals surface area contributed by atoms with Crippen LogP contribution in [0.2, 0.25) is 5.02 Å². The summed E-state index contributed by atoms with van der Waals surface area (Å²) >= 11 is 7.88. The zero-order valence-corrected chi connectivity index (χ0v) is 19.8. The fourth-order valence-electron chi connectivity index (χ4n) is 4.03. The van der Waals surface area contributed by atoms with Crippen molar-refractivity contribution >= 4 is 50.3 Å². The number of benzene rings is 1. The third-order valence-corrected chi connectivity index (χ3v) is 9.76. The first-order valence-corrected chi connectivity index (χ1v) is 12.9. The van der Waals surface area contributed by atoms with Gasteiger partial charge in [0.25, 0.3) is 5.89 Å². The molecule has 0 amide bonds. The lowest BCUT2D eigenvalue weighted by molar-refractivity contribution is 0.0994. The van der Waals surface area contributed by atoms with Crippen LogP contribution in [0.1, 0.15) is 34.1 Å². The number of hydrogen-bond donors (Lipinski definition) is 1. The molecule has 0 bridgehead atoms. The summed E-state index contributed by atoms with van der Waals surface area (Å²) < 4.78 is 20.2. The fourth-order valence-corrected chi connectivity index (χ4v) is 7.34. The molecule has 1 aromatic carbocycles. The minimum atomic E-state index is -2.63. The molecule has 1 aliphatic heterocycles. The average Bonchev–Trinajstić information content (AvgIpc) is 3.44. The van der Waals surface area contributed by atoms with Crippen LogP contribution in [0.4, 0.5) is 0 Å². The molecule has 1 aliphatic carbocycles. The maximum absolute atomic E-state index is 12.9. The Balaban J connectivity index is 1.50. The Kier molecular flexibility index (Phi) is 4.74. The number of carbonyl (C=O) groups excluding carboxylic acids is 1. The maximum Gasteiger partial charge on any atom is 0.258 e. The van der Waals surface area contributed by atoms with Crippen LogP contribution in [0.25, 0.3) is 22.2 Å². The van der Waals surface area contributed by atoms with Gasteiger partial charge >= 0.3 is 0 Å². The molecule has 2 atom stereocenters. The second-order valence-corrected chi connectivity index (χ2v) is 12.0. The van der Waals surface area contributed by atoms with Gasteiger partial charge < -0.3 is 10.2 Å². The molecule has 32 heavy (non-hydrogen) atoms. The van der Waals surface area contributed by atoms with Gasteiger partial charge in [-0.25, -0.2) is 9.20 Å². The van der Waals surface area contributed by atoms with E-state index in [0.29, 0.717) is 44.1 Å². The van der Waals surface area contributed by atoms with Crippen LogP contribution in [0.5, 0.6) is 0 Å². The number of rotatable bonds is 3. The molecular formula is C21H20ClN5O3S2. The number of ketones is 1. The molecular weight excluding hydrogens is 470 g/mol. The summed E-state index contributed by atoms with van der Waals surface area (Å²) in [5.41, 5.74) is 7.56. The highest BCUT2D eigenvalue weighted by atomic mass is 35.5.